The Morgan fingerprint density at radius 1 is 0.957 bits per heavy atom. The van der Waals surface area contributed by atoms with Gasteiger partial charge in [-0.1, -0.05) is 41.5 Å². The Morgan fingerprint density at radius 2 is 1.57 bits per heavy atom. The fourth-order valence-electron chi connectivity index (χ4n) is 2.51. The van der Waals surface area contributed by atoms with E-state index in [1.54, 1.807) is 6.92 Å². The molecule has 0 aliphatic carbocycles. The first-order chi connectivity index (χ1) is 10.9. The summed E-state index contributed by atoms with van der Waals surface area (Å²) in [5, 5.41) is 3.03. The first kappa shape index (κ1) is 17.1. The van der Waals surface area contributed by atoms with Crippen LogP contribution >= 0.6 is 0 Å². The molecule has 0 aliphatic rings. The van der Waals surface area contributed by atoms with Gasteiger partial charge < -0.3 is 10.1 Å². The fourth-order valence-corrected chi connectivity index (χ4v) is 2.51. The topological polar surface area (TPSA) is 38.3 Å². The van der Waals surface area contributed by atoms with E-state index in [1.807, 2.05) is 38.1 Å². The molecule has 2 aromatic carbocycles. The number of ether oxygens (including phenoxy) is 1. The molecule has 0 unspecified atom stereocenters. The van der Waals surface area contributed by atoms with E-state index in [1.165, 1.54) is 11.1 Å². The lowest BCUT2D eigenvalue weighted by Gasteiger charge is -2.20. The van der Waals surface area contributed by atoms with Crippen molar-refractivity contribution in [3.63, 3.8) is 0 Å². The third-order valence-corrected chi connectivity index (χ3v) is 3.96. The summed E-state index contributed by atoms with van der Waals surface area (Å²) in [6.07, 6.45) is -0.537. The molecule has 0 bridgehead atoms. The van der Waals surface area contributed by atoms with Crippen LogP contribution in [0.25, 0.3) is 0 Å². The summed E-state index contributed by atoms with van der Waals surface area (Å²) in [6, 6.07) is 13.9. The van der Waals surface area contributed by atoms with Crippen LogP contribution in [-0.2, 0) is 4.79 Å². The van der Waals surface area contributed by atoms with E-state index in [9.17, 15) is 4.79 Å². The number of benzene rings is 2. The molecular weight excluding hydrogens is 286 g/mol. The van der Waals surface area contributed by atoms with E-state index in [4.69, 9.17) is 4.74 Å². The van der Waals surface area contributed by atoms with Gasteiger partial charge in [-0.15, -0.1) is 0 Å². The number of amides is 1. The highest BCUT2D eigenvalue weighted by Gasteiger charge is 2.18. The molecule has 0 aliphatic heterocycles. The van der Waals surface area contributed by atoms with Crippen molar-refractivity contribution in [3.8, 4) is 5.75 Å². The van der Waals surface area contributed by atoms with Crippen molar-refractivity contribution in [2.75, 3.05) is 0 Å². The molecular formula is C20H25NO2. The summed E-state index contributed by atoms with van der Waals surface area (Å²) >= 11 is 0. The molecule has 2 atom stereocenters. The molecule has 2 rings (SSSR count). The molecule has 0 heterocycles. The number of hydrogen-bond donors (Lipinski definition) is 1. The van der Waals surface area contributed by atoms with Gasteiger partial charge in [0, 0.05) is 0 Å². The molecule has 0 saturated heterocycles. The van der Waals surface area contributed by atoms with Crippen LogP contribution in [0.1, 0.15) is 42.1 Å². The molecule has 3 heteroatoms. The summed E-state index contributed by atoms with van der Waals surface area (Å²) < 4.78 is 5.71. The Balaban J connectivity index is 2.00. The Morgan fingerprint density at radius 3 is 2.22 bits per heavy atom. The molecule has 1 N–H and O–H groups in total. The average molecular weight is 311 g/mol. The molecule has 0 saturated carbocycles. The average Bonchev–Trinajstić information content (AvgIpc) is 2.51. The number of carbonyl (C=O) groups excluding carboxylic acids is 1. The number of nitrogens with one attached hydrogen (secondary N) is 1. The van der Waals surface area contributed by atoms with E-state index in [0.717, 1.165) is 11.1 Å². The monoisotopic (exact) mass is 311 g/mol. The van der Waals surface area contributed by atoms with Crippen molar-refractivity contribution in [1.82, 2.24) is 5.32 Å². The van der Waals surface area contributed by atoms with Crippen molar-refractivity contribution in [2.45, 2.75) is 46.8 Å². The minimum Gasteiger partial charge on any atom is -0.481 e. The van der Waals surface area contributed by atoms with Crippen LogP contribution in [0.15, 0.2) is 42.5 Å². The summed E-state index contributed by atoms with van der Waals surface area (Å²) in [7, 11) is 0. The minimum absolute atomic E-state index is 0.0496. The van der Waals surface area contributed by atoms with Crippen molar-refractivity contribution < 1.29 is 9.53 Å². The predicted molar refractivity (Wildman–Crippen MR) is 93.7 cm³/mol. The van der Waals surface area contributed by atoms with Crippen molar-refractivity contribution in [3.05, 3.63) is 64.7 Å². The van der Waals surface area contributed by atoms with Crippen LogP contribution in [0, 0.1) is 20.8 Å². The Kier molecular flexibility index (Phi) is 5.43. The Labute approximate surface area is 138 Å². The first-order valence-corrected chi connectivity index (χ1v) is 7.97. The highest BCUT2D eigenvalue weighted by atomic mass is 16.5. The van der Waals surface area contributed by atoms with E-state index in [0.29, 0.717) is 5.75 Å². The number of rotatable bonds is 5. The smallest absolute Gasteiger partial charge is 0.261 e. The lowest BCUT2D eigenvalue weighted by atomic mass is 10.00. The van der Waals surface area contributed by atoms with Crippen LogP contribution in [0.3, 0.4) is 0 Å². The molecule has 23 heavy (non-hydrogen) atoms. The molecule has 122 valence electrons. The maximum Gasteiger partial charge on any atom is 0.261 e. The molecule has 2 aromatic rings. The van der Waals surface area contributed by atoms with Crippen LogP contribution in [0.5, 0.6) is 5.75 Å². The highest BCUT2D eigenvalue weighted by molar-refractivity contribution is 5.81. The lowest BCUT2D eigenvalue weighted by Crippen LogP contribution is -2.38. The maximum atomic E-state index is 12.4. The maximum absolute atomic E-state index is 12.4. The lowest BCUT2D eigenvalue weighted by molar-refractivity contribution is -0.127. The normalized spacial score (nSPS) is 13.3. The third-order valence-electron chi connectivity index (χ3n) is 3.96. The molecule has 3 nitrogen and oxygen atoms in total. The molecule has 1 amide bonds. The van der Waals surface area contributed by atoms with Crippen molar-refractivity contribution in [2.24, 2.45) is 0 Å². The van der Waals surface area contributed by atoms with E-state index in [2.05, 4.69) is 37.4 Å². The second-order valence-electron chi connectivity index (χ2n) is 6.16. The second kappa shape index (κ2) is 7.32. The highest BCUT2D eigenvalue weighted by Crippen LogP contribution is 2.19. The zero-order valence-corrected chi connectivity index (χ0v) is 14.5. The molecule has 0 fully saturated rings. The zero-order valence-electron chi connectivity index (χ0n) is 14.5. The predicted octanol–water partition coefficient (Wildman–Crippen LogP) is 4.26. The van der Waals surface area contributed by atoms with Gasteiger partial charge in [-0.3, -0.25) is 4.79 Å². The minimum atomic E-state index is -0.537. The van der Waals surface area contributed by atoms with Crippen molar-refractivity contribution in [1.29, 1.82) is 0 Å². The Bertz CT molecular complexity index is 677. The van der Waals surface area contributed by atoms with Crippen LogP contribution in [-0.4, -0.2) is 12.0 Å². The molecule has 0 spiro atoms. The standard InChI is InChI=1S/C20H25NO2/c1-13-7-10-18(11-8-13)23-17(5)20(22)21-16(4)19-12-14(2)6-9-15(19)3/h6-12,16-17H,1-5H3,(H,21,22)/t16-,17+/m0/s1. The summed E-state index contributed by atoms with van der Waals surface area (Å²) in [5.74, 6) is 0.594. The van der Waals surface area contributed by atoms with E-state index < -0.39 is 6.10 Å². The summed E-state index contributed by atoms with van der Waals surface area (Å²) in [6.45, 7) is 9.90. The van der Waals surface area contributed by atoms with Gasteiger partial charge in [0.05, 0.1) is 6.04 Å². The van der Waals surface area contributed by atoms with Gasteiger partial charge in [-0.25, -0.2) is 0 Å². The van der Waals surface area contributed by atoms with Gasteiger partial charge in [-0.05, 0) is 57.9 Å². The van der Waals surface area contributed by atoms with Gasteiger partial charge in [0.25, 0.3) is 5.91 Å². The van der Waals surface area contributed by atoms with Gasteiger partial charge in [0.2, 0.25) is 0 Å². The zero-order chi connectivity index (χ0) is 17.0. The largest absolute Gasteiger partial charge is 0.481 e. The summed E-state index contributed by atoms with van der Waals surface area (Å²) in [4.78, 5) is 12.4. The number of carbonyl (C=O) groups is 1. The Hall–Kier alpha value is -2.29. The first-order valence-electron chi connectivity index (χ1n) is 7.97. The third kappa shape index (κ3) is 4.59. The quantitative estimate of drug-likeness (QED) is 0.896. The summed E-state index contributed by atoms with van der Waals surface area (Å²) in [5.41, 5.74) is 4.67. The molecule has 0 radical (unpaired) electrons. The number of hydrogen-bond acceptors (Lipinski definition) is 2. The van der Waals surface area contributed by atoms with E-state index in [-0.39, 0.29) is 11.9 Å². The van der Waals surface area contributed by atoms with Crippen molar-refractivity contribution >= 4 is 5.91 Å². The number of aryl methyl sites for hydroxylation is 3. The van der Waals surface area contributed by atoms with Gasteiger partial charge in [0.1, 0.15) is 5.75 Å². The molecule has 0 aromatic heterocycles. The van der Waals surface area contributed by atoms with Gasteiger partial charge in [0.15, 0.2) is 6.10 Å². The fraction of sp³-hybridized carbons (Fsp3) is 0.350. The van der Waals surface area contributed by atoms with Gasteiger partial charge >= 0.3 is 0 Å². The van der Waals surface area contributed by atoms with Crippen LogP contribution in [0.4, 0.5) is 0 Å². The SMILES string of the molecule is Cc1ccc(O[C@H](C)C(=O)N[C@@H](C)c2cc(C)ccc2C)cc1. The van der Waals surface area contributed by atoms with Crippen LogP contribution in [0.2, 0.25) is 0 Å². The van der Waals surface area contributed by atoms with Gasteiger partial charge in [-0.2, -0.15) is 0 Å². The second-order valence-corrected chi connectivity index (χ2v) is 6.16. The van der Waals surface area contributed by atoms with Crippen LogP contribution < -0.4 is 10.1 Å². The van der Waals surface area contributed by atoms with E-state index >= 15 is 0 Å².